The Morgan fingerprint density at radius 3 is 2.80 bits per heavy atom. The number of carbonyl (C=O) groups is 1. The molecule has 0 aliphatic heterocycles. The maximum absolute atomic E-state index is 11.4. The largest absolute Gasteiger partial charge is 0.459 e. The lowest BCUT2D eigenvalue weighted by Crippen LogP contribution is -2.47. The molecule has 4 nitrogen and oxygen atoms in total. The summed E-state index contributed by atoms with van der Waals surface area (Å²) in [5.41, 5.74) is 0. The van der Waals surface area contributed by atoms with E-state index in [4.69, 9.17) is 39.2 Å². The lowest BCUT2D eigenvalue weighted by Gasteiger charge is -2.23. The lowest BCUT2D eigenvalue weighted by molar-refractivity contribution is 0.0732. The van der Waals surface area contributed by atoms with Gasteiger partial charge in [0.1, 0.15) is 0 Å². The van der Waals surface area contributed by atoms with Gasteiger partial charge in [-0.25, -0.2) is 0 Å². The van der Waals surface area contributed by atoms with Crippen molar-refractivity contribution in [1.82, 2.24) is 5.32 Å². The second-order valence-electron chi connectivity index (χ2n) is 2.75. The Balaban J connectivity index is 2.60. The second-order valence-corrected chi connectivity index (χ2v) is 4.56. The van der Waals surface area contributed by atoms with Gasteiger partial charge < -0.3 is 14.8 Å². The van der Waals surface area contributed by atoms with Gasteiger partial charge in [-0.1, -0.05) is 23.2 Å². The summed E-state index contributed by atoms with van der Waals surface area (Å²) in [6.45, 7) is 0. The van der Waals surface area contributed by atoms with Crippen molar-refractivity contribution < 1.29 is 14.3 Å². The van der Waals surface area contributed by atoms with Crippen molar-refractivity contribution in [2.45, 2.75) is 10.6 Å². The molecule has 1 amide bonds. The van der Waals surface area contributed by atoms with Crippen molar-refractivity contribution in [2.24, 2.45) is 0 Å². The van der Waals surface area contributed by atoms with Crippen LogP contribution in [0.3, 0.4) is 0 Å². The maximum atomic E-state index is 11.4. The second kappa shape index (κ2) is 5.07. The zero-order valence-electron chi connectivity index (χ0n) is 7.41. The van der Waals surface area contributed by atoms with Gasteiger partial charge in [-0.3, -0.25) is 4.79 Å². The standard InChI is InChI=1S/C8H8Cl3NO3/c9-4-8(10,11)7(14)12-6(13)5-2-1-3-15-5/h1-3,7,14H,4H2,(H,12,13). The maximum Gasteiger partial charge on any atom is 0.289 e. The van der Waals surface area contributed by atoms with Crippen molar-refractivity contribution in [1.29, 1.82) is 0 Å². The van der Waals surface area contributed by atoms with Gasteiger partial charge in [0, 0.05) is 0 Å². The SMILES string of the molecule is O=C(NC(O)C(Cl)(Cl)CCl)c1ccco1. The van der Waals surface area contributed by atoms with E-state index in [1.807, 2.05) is 0 Å². The Morgan fingerprint density at radius 2 is 2.33 bits per heavy atom. The van der Waals surface area contributed by atoms with Crippen molar-refractivity contribution in [3.8, 4) is 0 Å². The van der Waals surface area contributed by atoms with Crippen molar-refractivity contribution >= 4 is 40.7 Å². The molecule has 7 heteroatoms. The van der Waals surface area contributed by atoms with Crippen LogP contribution in [0.4, 0.5) is 0 Å². The number of furan rings is 1. The molecule has 1 aromatic rings. The quantitative estimate of drug-likeness (QED) is 0.648. The summed E-state index contributed by atoms with van der Waals surface area (Å²) in [6, 6.07) is 2.98. The topological polar surface area (TPSA) is 62.5 Å². The highest BCUT2D eigenvalue weighted by atomic mass is 35.5. The number of halogens is 3. The number of alkyl halides is 3. The minimum absolute atomic E-state index is 0.0488. The normalized spacial score (nSPS) is 13.6. The molecular formula is C8H8Cl3NO3. The van der Waals surface area contributed by atoms with E-state index in [2.05, 4.69) is 5.32 Å². The summed E-state index contributed by atoms with van der Waals surface area (Å²) in [5, 5.41) is 11.6. The molecule has 0 aromatic carbocycles. The van der Waals surface area contributed by atoms with Crippen molar-refractivity contribution in [3.05, 3.63) is 24.2 Å². The fourth-order valence-corrected chi connectivity index (χ4v) is 1.04. The van der Waals surface area contributed by atoms with Crippen LogP contribution in [0.25, 0.3) is 0 Å². The van der Waals surface area contributed by atoms with E-state index in [1.165, 1.54) is 18.4 Å². The van der Waals surface area contributed by atoms with Gasteiger partial charge >= 0.3 is 0 Å². The van der Waals surface area contributed by atoms with Crippen LogP contribution in [0.15, 0.2) is 22.8 Å². The Kier molecular flexibility index (Phi) is 4.28. The molecule has 0 saturated heterocycles. The van der Waals surface area contributed by atoms with E-state index in [1.54, 1.807) is 0 Å². The first kappa shape index (κ1) is 12.6. The van der Waals surface area contributed by atoms with Crippen molar-refractivity contribution in [3.63, 3.8) is 0 Å². The van der Waals surface area contributed by atoms with E-state index in [9.17, 15) is 9.90 Å². The molecule has 1 aromatic heterocycles. The number of aliphatic hydroxyl groups is 1. The highest BCUT2D eigenvalue weighted by Crippen LogP contribution is 2.25. The number of aliphatic hydroxyl groups excluding tert-OH is 1. The van der Waals surface area contributed by atoms with Crippen LogP contribution in [0, 0.1) is 0 Å². The Bertz CT molecular complexity index is 326. The van der Waals surface area contributed by atoms with Gasteiger partial charge in [0.2, 0.25) is 0 Å². The molecule has 0 aliphatic carbocycles. The zero-order chi connectivity index (χ0) is 11.5. The number of rotatable bonds is 4. The van der Waals surface area contributed by atoms with Crippen LogP contribution in [0.5, 0.6) is 0 Å². The van der Waals surface area contributed by atoms with E-state index >= 15 is 0 Å². The van der Waals surface area contributed by atoms with Gasteiger partial charge in [-0.15, -0.1) is 11.6 Å². The summed E-state index contributed by atoms with van der Waals surface area (Å²) >= 11 is 16.6. The van der Waals surface area contributed by atoms with E-state index in [0.717, 1.165) is 0 Å². The summed E-state index contributed by atoms with van der Waals surface area (Å²) in [4.78, 5) is 11.4. The van der Waals surface area contributed by atoms with Gasteiger partial charge in [-0.05, 0) is 12.1 Å². The molecule has 2 N–H and O–H groups in total. The van der Waals surface area contributed by atoms with Gasteiger partial charge in [0.25, 0.3) is 5.91 Å². The first-order valence-corrected chi connectivity index (χ1v) is 5.22. The highest BCUT2D eigenvalue weighted by Gasteiger charge is 2.34. The molecular weight excluding hydrogens is 264 g/mol. The molecule has 84 valence electrons. The fraction of sp³-hybridized carbons (Fsp3) is 0.375. The minimum Gasteiger partial charge on any atom is -0.459 e. The summed E-state index contributed by atoms with van der Waals surface area (Å²) in [7, 11) is 0. The van der Waals surface area contributed by atoms with Crippen LogP contribution in [-0.2, 0) is 0 Å². The molecule has 0 aliphatic rings. The average Bonchev–Trinajstić information content (AvgIpc) is 2.70. The predicted molar refractivity (Wildman–Crippen MR) is 57.3 cm³/mol. The lowest BCUT2D eigenvalue weighted by atomic mass is 10.3. The monoisotopic (exact) mass is 271 g/mol. The molecule has 1 heterocycles. The van der Waals surface area contributed by atoms with Crippen LogP contribution in [0.1, 0.15) is 10.6 Å². The summed E-state index contributed by atoms with van der Waals surface area (Å²) in [6.07, 6.45) is -0.145. The smallest absolute Gasteiger partial charge is 0.289 e. The Hall–Kier alpha value is -0.420. The molecule has 0 fully saturated rings. The number of hydrogen-bond donors (Lipinski definition) is 2. The fourth-order valence-electron chi connectivity index (χ4n) is 0.782. The van der Waals surface area contributed by atoms with Crippen LogP contribution < -0.4 is 5.32 Å². The van der Waals surface area contributed by atoms with Crippen LogP contribution in [-0.4, -0.2) is 27.5 Å². The first-order valence-electron chi connectivity index (χ1n) is 3.93. The van der Waals surface area contributed by atoms with Gasteiger partial charge in [0.15, 0.2) is 16.3 Å². The van der Waals surface area contributed by atoms with Crippen LogP contribution in [0.2, 0.25) is 0 Å². The Labute approximate surface area is 101 Å². The predicted octanol–water partition coefficient (Wildman–Crippen LogP) is 1.74. The Morgan fingerprint density at radius 1 is 1.67 bits per heavy atom. The van der Waals surface area contributed by atoms with Crippen LogP contribution >= 0.6 is 34.8 Å². The summed E-state index contributed by atoms with van der Waals surface area (Å²) < 4.78 is 3.17. The minimum atomic E-state index is -1.64. The van der Waals surface area contributed by atoms with E-state index < -0.39 is 16.5 Å². The van der Waals surface area contributed by atoms with E-state index in [0.29, 0.717) is 0 Å². The molecule has 15 heavy (non-hydrogen) atoms. The molecule has 1 rings (SSSR count). The number of hydrogen-bond acceptors (Lipinski definition) is 3. The number of amides is 1. The third-order valence-electron chi connectivity index (χ3n) is 1.59. The molecule has 1 atom stereocenters. The van der Waals surface area contributed by atoms with Gasteiger partial charge in [-0.2, -0.15) is 0 Å². The molecule has 0 saturated carbocycles. The third-order valence-corrected chi connectivity index (χ3v) is 2.97. The molecule has 0 bridgehead atoms. The molecule has 0 spiro atoms. The third kappa shape index (κ3) is 3.28. The number of nitrogens with one attached hydrogen (secondary N) is 1. The average molecular weight is 273 g/mol. The van der Waals surface area contributed by atoms with Gasteiger partial charge in [0.05, 0.1) is 12.1 Å². The zero-order valence-corrected chi connectivity index (χ0v) is 9.68. The highest BCUT2D eigenvalue weighted by molar-refractivity contribution is 6.52. The molecule has 0 radical (unpaired) electrons. The van der Waals surface area contributed by atoms with Crippen molar-refractivity contribution in [2.75, 3.05) is 5.88 Å². The summed E-state index contributed by atoms with van der Waals surface area (Å²) in [5.74, 6) is -0.800. The molecule has 1 unspecified atom stereocenters. The van der Waals surface area contributed by atoms with E-state index in [-0.39, 0.29) is 11.6 Å². The number of carbonyl (C=O) groups excluding carboxylic acids is 1. The first-order chi connectivity index (χ1) is 6.97.